The monoisotopic (exact) mass is 563 g/mol. The number of carboxylic acid groups (broad SMARTS) is 3. The molecule has 3 heterocycles. The summed E-state index contributed by atoms with van der Waals surface area (Å²) in [4.78, 5) is 60.7. The van der Waals surface area contributed by atoms with Gasteiger partial charge in [0.25, 0.3) is 5.91 Å². The molecule has 1 fully saturated rings. The number of carbonyl (C=O) groups excluding carboxylic acids is 2. The molecule has 1 aromatic carbocycles. The molecular weight excluding hydrogens is 542 g/mol. The first-order valence-electron chi connectivity index (χ1n) is 10.9. The molecule has 2 aromatic rings. The smallest absolute Gasteiger partial charge is 0.359 e. The van der Waals surface area contributed by atoms with E-state index in [-0.39, 0.29) is 34.5 Å². The largest absolute Gasteiger partial charge is 0.480 e. The molecule has 17 heteroatoms. The van der Waals surface area contributed by atoms with Crippen molar-refractivity contribution in [3.63, 3.8) is 0 Å². The minimum absolute atomic E-state index is 0.0666. The number of aromatic amines is 1. The normalized spacial score (nSPS) is 19.3. The van der Waals surface area contributed by atoms with Crippen molar-refractivity contribution < 1.29 is 39.3 Å². The number of carboxylic acids is 3. The Kier molecular flexibility index (Phi) is 7.88. The number of fused-ring (bicyclic) bond motifs is 1. The van der Waals surface area contributed by atoms with Gasteiger partial charge >= 0.3 is 17.9 Å². The molecule has 15 nitrogen and oxygen atoms in total. The van der Waals surface area contributed by atoms with Gasteiger partial charge in [-0.2, -0.15) is 5.21 Å². The van der Waals surface area contributed by atoms with Crippen molar-refractivity contribution in [2.75, 3.05) is 23.4 Å². The first-order valence-corrected chi connectivity index (χ1v) is 12.9. The van der Waals surface area contributed by atoms with E-state index in [2.05, 4.69) is 26.0 Å². The number of hydrogen-bond acceptors (Lipinski definition) is 11. The maximum atomic E-state index is 12.9. The van der Waals surface area contributed by atoms with Gasteiger partial charge in [-0.05, 0) is 23.3 Å². The van der Waals surface area contributed by atoms with Crippen molar-refractivity contribution in [2.45, 2.75) is 22.5 Å². The molecular formula is C21H21N7O8S2. The number of amides is 2. The highest BCUT2D eigenvalue weighted by Crippen LogP contribution is 2.41. The molecule has 2 amide bonds. The van der Waals surface area contributed by atoms with Crippen LogP contribution in [-0.4, -0.2) is 94.8 Å². The lowest BCUT2D eigenvalue weighted by molar-refractivity contribution is -0.150. The van der Waals surface area contributed by atoms with Crippen LogP contribution in [0, 0.1) is 0 Å². The van der Waals surface area contributed by atoms with Crippen LogP contribution in [-0.2, 0) is 19.2 Å². The van der Waals surface area contributed by atoms with E-state index < -0.39 is 47.2 Å². The van der Waals surface area contributed by atoms with Crippen LogP contribution in [0.1, 0.15) is 22.1 Å². The van der Waals surface area contributed by atoms with E-state index in [4.69, 9.17) is 15.9 Å². The molecule has 0 radical (unpaired) electrons. The Morgan fingerprint density at radius 2 is 1.87 bits per heavy atom. The van der Waals surface area contributed by atoms with Gasteiger partial charge in [0, 0.05) is 17.2 Å². The van der Waals surface area contributed by atoms with Gasteiger partial charge in [-0.3, -0.25) is 19.3 Å². The van der Waals surface area contributed by atoms with E-state index in [1.165, 1.54) is 11.8 Å². The van der Waals surface area contributed by atoms with E-state index in [0.29, 0.717) is 16.8 Å². The Hall–Kier alpha value is -4.09. The Balaban J connectivity index is 1.40. The summed E-state index contributed by atoms with van der Waals surface area (Å²) in [6, 6.07) is 4.15. The minimum Gasteiger partial charge on any atom is -0.480 e. The van der Waals surface area contributed by atoms with Crippen LogP contribution in [0.4, 0.5) is 5.69 Å². The molecule has 200 valence electrons. The van der Waals surface area contributed by atoms with Crippen LogP contribution in [0.2, 0.25) is 0 Å². The topological polar surface area (TPSA) is 241 Å². The van der Waals surface area contributed by atoms with Crippen LogP contribution < -0.4 is 16.4 Å². The van der Waals surface area contributed by atoms with Gasteiger partial charge in [-0.15, -0.1) is 22.0 Å². The van der Waals surface area contributed by atoms with Crippen molar-refractivity contribution in [1.29, 1.82) is 0 Å². The van der Waals surface area contributed by atoms with Gasteiger partial charge in [0.2, 0.25) is 11.6 Å². The lowest BCUT2D eigenvalue weighted by atomic mass is 10.0. The SMILES string of the molecule is N[C@@H](C(=O)NC1C(=O)N2C(C(=O)O)=C(CSc3n[nH]nc3C(=O)O)CS[C@H]12)c1ccc(NCC(=O)O)cc1. The first-order chi connectivity index (χ1) is 18.1. The van der Waals surface area contributed by atoms with Gasteiger partial charge in [0.05, 0.1) is 0 Å². The van der Waals surface area contributed by atoms with Gasteiger partial charge in [0.1, 0.15) is 29.7 Å². The summed E-state index contributed by atoms with van der Waals surface area (Å²) in [7, 11) is 0. The second-order valence-corrected chi connectivity index (χ2v) is 10.1. The van der Waals surface area contributed by atoms with Crippen molar-refractivity contribution >= 4 is 58.9 Å². The van der Waals surface area contributed by atoms with E-state index in [1.54, 1.807) is 24.3 Å². The highest BCUT2D eigenvalue weighted by atomic mass is 32.2. The summed E-state index contributed by atoms with van der Waals surface area (Å²) < 4.78 is 0. The molecule has 2 aliphatic rings. The third-order valence-electron chi connectivity index (χ3n) is 5.65. The molecule has 38 heavy (non-hydrogen) atoms. The van der Waals surface area contributed by atoms with Crippen molar-refractivity contribution in [3.8, 4) is 0 Å². The average Bonchev–Trinajstić information content (AvgIpc) is 3.37. The number of hydrogen-bond donors (Lipinski definition) is 7. The number of thioether (sulfide) groups is 2. The predicted molar refractivity (Wildman–Crippen MR) is 133 cm³/mol. The number of aromatic nitrogens is 3. The number of carbonyl (C=O) groups is 5. The number of nitrogens with one attached hydrogen (secondary N) is 3. The highest BCUT2D eigenvalue weighted by molar-refractivity contribution is 8.01. The van der Waals surface area contributed by atoms with Crippen LogP contribution >= 0.6 is 23.5 Å². The molecule has 1 saturated heterocycles. The second kappa shape index (κ2) is 11.1. The maximum absolute atomic E-state index is 12.9. The van der Waals surface area contributed by atoms with Crippen molar-refractivity contribution in [2.24, 2.45) is 5.73 Å². The fourth-order valence-corrected chi connectivity index (χ4v) is 6.19. The Morgan fingerprint density at radius 1 is 1.16 bits per heavy atom. The first kappa shape index (κ1) is 27.0. The third-order valence-corrected chi connectivity index (χ3v) is 8.04. The lowest BCUT2D eigenvalue weighted by Gasteiger charge is -2.49. The summed E-state index contributed by atoms with van der Waals surface area (Å²) in [5.74, 6) is -4.58. The highest BCUT2D eigenvalue weighted by Gasteiger charge is 2.54. The zero-order valence-corrected chi connectivity index (χ0v) is 20.9. The molecule has 1 unspecified atom stereocenters. The number of nitrogens with zero attached hydrogens (tertiary/aromatic N) is 3. The number of benzene rings is 1. The molecule has 2 aliphatic heterocycles. The standard InChI is InChI=1S/C21H21N7O8S2/c22-12(8-1-3-10(4-2-8)23-5-11(29)30)16(31)24-14-18(32)28-15(21(35)36)9(7-38-19(14)28)6-37-17-13(20(33)34)25-27-26-17/h1-4,12,14,19,23H,5-7,22H2,(H,24,31)(H,29,30)(H,33,34)(H,35,36)(H,25,26,27)/t12-,14?,19-/m1/s1. The summed E-state index contributed by atoms with van der Waals surface area (Å²) in [6.45, 7) is -0.276. The van der Waals surface area contributed by atoms with Gasteiger partial charge in [-0.25, -0.2) is 9.59 Å². The fraction of sp³-hybridized carbons (Fsp3) is 0.286. The summed E-state index contributed by atoms with van der Waals surface area (Å²) in [5, 5.41) is 41.9. The van der Waals surface area contributed by atoms with Crippen LogP contribution in [0.25, 0.3) is 0 Å². The number of aliphatic carboxylic acids is 2. The van der Waals surface area contributed by atoms with E-state index >= 15 is 0 Å². The maximum Gasteiger partial charge on any atom is 0.359 e. The molecule has 8 N–H and O–H groups in total. The minimum atomic E-state index is -1.32. The Labute approximate surface area is 222 Å². The van der Waals surface area contributed by atoms with E-state index in [9.17, 15) is 29.1 Å². The Morgan fingerprint density at radius 3 is 2.50 bits per heavy atom. The molecule has 4 rings (SSSR count). The van der Waals surface area contributed by atoms with E-state index in [1.807, 2.05) is 0 Å². The summed E-state index contributed by atoms with van der Waals surface area (Å²) in [5.41, 5.74) is 6.89. The third kappa shape index (κ3) is 5.43. The number of aromatic carboxylic acids is 1. The number of H-pyrrole nitrogens is 1. The molecule has 0 spiro atoms. The average molecular weight is 564 g/mol. The molecule has 3 atom stereocenters. The summed E-state index contributed by atoms with van der Waals surface area (Å²) >= 11 is 2.24. The number of β-lactam (4-membered cyclic amide) rings is 1. The van der Waals surface area contributed by atoms with Crippen molar-refractivity contribution in [1.82, 2.24) is 25.6 Å². The van der Waals surface area contributed by atoms with Gasteiger partial charge in [0.15, 0.2) is 5.03 Å². The second-order valence-electron chi connectivity index (χ2n) is 8.07. The Bertz CT molecular complexity index is 1330. The number of nitrogens with two attached hydrogens (primary N) is 1. The van der Waals surface area contributed by atoms with Gasteiger partial charge < -0.3 is 31.7 Å². The molecule has 0 aliphatic carbocycles. The quantitative estimate of drug-likeness (QED) is 0.135. The predicted octanol–water partition coefficient (Wildman–Crippen LogP) is -0.470. The summed E-state index contributed by atoms with van der Waals surface area (Å²) in [6.07, 6.45) is 0. The van der Waals surface area contributed by atoms with Crippen molar-refractivity contribution in [3.05, 3.63) is 46.8 Å². The number of rotatable bonds is 11. The van der Waals surface area contributed by atoms with E-state index in [0.717, 1.165) is 16.7 Å². The lowest BCUT2D eigenvalue weighted by Crippen LogP contribution is -2.71. The fourth-order valence-electron chi connectivity index (χ4n) is 3.79. The molecule has 0 bridgehead atoms. The van der Waals surface area contributed by atoms with Crippen LogP contribution in [0.15, 0.2) is 40.6 Å². The molecule has 1 aromatic heterocycles. The van der Waals surface area contributed by atoms with Crippen LogP contribution in [0.5, 0.6) is 0 Å². The zero-order valence-electron chi connectivity index (χ0n) is 19.3. The zero-order chi connectivity index (χ0) is 27.6. The molecule has 0 saturated carbocycles. The van der Waals surface area contributed by atoms with Crippen LogP contribution in [0.3, 0.4) is 0 Å². The van der Waals surface area contributed by atoms with Gasteiger partial charge in [-0.1, -0.05) is 23.9 Å². The number of anilines is 1.